The van der Waals surface area contributed by atoms with E-state index in [0.29, 0.717) is 6.54 Å². The van der Waals surface area contributed by atoms with Gasteiger partial charge in [0.15, 0.2) is 0 Å². The first-order valence-corrected chi connectivity index (χ1v) is 5.82. The molecule has 0 radical (unpaired) electrons. The highest BCUT2D eigenvalue weighted by molar-refractivity contribution is 5.77. The second-order valence-electron chi connectivity index (χ2n) is 4.49. The third-order valence-electron chi connectivity index (χ3n) is 2.67. The Bertz CT molecular complexity index is 188. The Hall–Kier alpha value is -0.610. The van der Waals surface area contributed by atoms with E-state index in [1.54, 1.807) is 0 Å². The third kappa shape index (κ3) is 5.74. The van der Waals surface area contributed by atoms with Crippen LogP contribution in [0.4, 0.5) is 0 Å². The number of carbonyl (C=O) groups excluding carboxylic acids is 1. The molecule has 0 aromatic rings. The molecule has 0 unspecified atom stereocenters. The molecule has 15 heavy (non-hydrogen) atoms. The van der Waals surface area contributed by atoms with Crippen LogP contribution in [0.5, 0.6) is 0 Å². The zero-order chi connectivity index (χ0) is 11.1. The average molecular weight is 213 g/mol. The highest BCUT2D eigenvalue weighted by Crippen LogP contribution is 2.05. The highest BCUT2D eigenvalue weighted by Gasteiger charge is 2.14. The molecule has 1 fully saturated rings. The lowest BCUT2D eigenvalue weighted by molar-refractivity contribution is -0.122. The average Bonchev–Trinajstić information content (AvgIpc) is 2.64. The number of hydrogen-bond donors (Lipinski definition) is 1. The standard InChI is InChI=1S/C11H23N3O/c1-13(2)7-5-6-12-11(15)10-14-8-3-4-9-14/h3-10H2,1-2H3,(H,12,15). The number of nitrogens with zero attached hydrogens (tertiary/aromatic N) is 2. The summed E-state index contributed by atoms with van der Waals surface area (Å²) in [7, 11) is 4.10. The van der Waals surface area contributed by atoms with Crippen molar-refractivity contribution in [2.45, 2.75) is 19.3 Å². The summed E-state index contributed by atoms with van der Waals surface area (Å²) >= 11 is 0. The molecule has 0 aliphatic carbocycles. The molecule has 0 aromatic carbocycles. The maximum absolute atomic E-state index is 11.5. The van der Waals surface area contributed by atoms with Gasteiger partial charge in [-0.25, -0.2) is 0 Å². The van der Waals surface area contributed by atoms with Crippen molar-refractivity contribution in [2.75, 3.05) is 46.8 Å². The van der Waals surface area contributed by atoms with Crippen molar-refractivity contribution in [1.82, 2.24) is 15.1 Å². The summed E-state index contributed by atoms with van der Waals surface area (Å²) in [6.07, 6.45) is 3.51. The van der Waals surface area contributed by atoms with Crippen molar-refractivity contribution in [3.05, 3.63) is 0 Å². The van der Waals surface area contributed by atoms with Crippen LogP contribution >= 0.6 is 0 Å². The number of carbonyl (C=O) groups is 1. The molecule has 1 saturated heterocycles. The highest BCUT2D eigenvalue weighted by atomic mass is 16.2. The van der Waals surface area contributed by atoms with Crippen molar-refractivity contribution in [2.24, 2.45) is 0 Å². The molecule has 0 aromatic heterocycles. The van der Waals surface area contributed by atoms with Crippen LogP contribution in [0.2, 0.25) is 0 Å². The molecule has 1 N–H and O–H groups in total. The van der Waals surface area contributed by atoms with Crippen LogP contribution < -0.4 is 5.32 Å². The van der Waals surface area contributed by atoms with Crippen LogP contribution in [0.15, 0.2) is 0 Å². The predicted molar refractivity (Wildman–Crippen MR) is 61.9 cm³/mol. The fourth-order valence-electron chi connectivity index (χ4n) is 1.82. The van der Waals surface area contributed by atoms with Gasteiger partial charge < -0.3 is 10.2 Å². The first-order valence-electron chi connectivity index (χ1n) is 5.82. The van der Waals surface area contributed by atoms with Gasteiger partial charge in [-0.2, -0.15) is 0 Å². The van der Waals surface area contributed by atoms with Crippen molar-refractivity contribution >= 4 is 5.91 Å². The van der Waals surface area contributed by atoms with E-state index in [4.69, 9.17) is 0 Å². The molecule has 0 spiro atoms. The summed E-state index contributed by atoms with van der Waals surface area (Å²) in [5.74, 6) is 0.177. The lowest BCUT2D eigenvalue weighted by Gasteiger charge is -2.14. The van der Waals surface area contributed by atoms with Gasteiger partial charge in [0.05, 0.1) is 6.54 Å². The van der Waals surface area contributed by atoms with Crippen molar-refractivity contribution in [1.29, 1.82) is 0 Å². The largest absolute Gasteiger partial charge is 0.355 e. The Balaban J connectivity index is 1.98. The molecule has 1 amide bonds. The monoisotopic (exact) mass is 213 g/mol. The van der Waals surface area contributed by atoms with Crippen molar-refractivity contribution < 1.29 is 4.79 Å². The van der Waals surface area contributed by atoms with E-state index in [0.717, 1.165) is 32.6 Å². The summed E-state index contributed by atoms with van der Waals surface area (Å²) in [6.45, 7) is 4.59. The van der Waals surface area contributed by atoms with Gasteiger partial charge in [-0.05, 0) is 53.0 Å². The Labute approximate surface area is 92.6 Å². The lowest BCUT2D eigenvalue weighted by Crippen LogP contribution is -2.36. The number of nitrogens with one attached hydrogen (secondary N) is 1. The van der Waals surface area contributed by atoms with Crippen molar-refractivity contribution in [3.8, 4) is 0 Å². The molecule has 4 heteroatoms. The lowest BCUT2D eigenvalue weighted by atomic mass is 10.4. The van der Waals surface area contributed by atoms with E-state index in [1.165, 1.54) is 12.8 Å². The molecule has 1 aliphatic heterocycles. The Kier molecular flexibility index (Phi) is 5.65. The first kappa shape index (κ1) is 12.5. The van der Waals surface area contributed by atoms with Gasteiger partial charge in [0.25, 0.3) is 0 Å². The SMILES string of the molecule is CN(C)CCCNC(=O)CN1CCCC1. The number of amides is 1. The van der Waals surface area contributed by atoms with E-state index in [1.807, 2.05) is 14.1 Å². The van der Waals surface area contributed by atoms with Crippen LogP contribution in [0, 0.1) is 0 Å². The Morgan fingerprint density at radius 3 is 2.60 bits per heavy atom. The van der Waals surface area contributed by atoms with Crippen LogP contribution in [0.3, 0.4) is 0 Å². The minimum absolute atomic E-state index is 0.177. The van der Waals surface area contributed by atoms with Gasteiger partial charge in [-0.15, -0.1) is 0 Å². The van der Waals surface area contributed by atoms with E-state index in [9.17, 15) is 4.79 Å². The minimum Gasteiger partial charge on any atom is -0.355 e. The topological polar surface area (TPSA) is 35.6 Å². The van der Waals surface area contributed by atoms with E-state index in [2.05, 4.69) is 15.1 Å². The molecule has 0 atom stereocenters. The predicted octanol–water partition coefficient (Wildman–Crippen LogP) is 0.150. The Morgan fingerprint density at radius 1 is 1.33 bits per heavy atom. The van der Waals surface area contributed by atoms with Crippen molar-refractivity contribution in [3.63, 3.8) is 0 Å². The quantitative estimate of drug-likeness (QED) is 0.638. The summed E-state index contributed by atoms with van der Waals surface area (Å²) in [5.41, 5.74) is 0. The van der Waals surface area contributed by atoms with Crippen LogP contribution in [-0.2, 0) is 4.79 Å². The fraction of sp³-hybridized carbons (Fsp3) is 0.909. The molecule has 1 aliphatic rings. The summed E-state index contributed by atoms with van der Waals surface area (Å²) in [4.78, 5) is 15.8. The van der Waals surface area contributed by atoms with E-state index in [-0.39, 0.29) is 5.91 Å². The summed E-state index contributed by atoms with van der Waals surface area (Å²) < 4.78 is 0. The second kappa shape index (κ2) is 6.80. The first-order chi connectivity index (χ1) is 7.18. The number of rotatable bonds is 6. The zero-order valence-corrected chi connectivity index (χ0v) is 9.96. The maximum Gasteiger partial charge on any atom is 0.234 e. The fourth-order valence-corrected chi connectivity index (χ4v) is 1.82. The molecular formula is C11H23N3O. The Morgan fingerprint density at radius 2 is 2.00 bits per heavy atom. The summed E-state index contributed by atoms with van der Waals surface area (Å²) in [5, 5.41) is 2.96. The normalized spacial score (nSPS) is 17.3. The molecule has 4 nitrogen and oxygen atoms in total. The third-order valence-corrected chi connectivity index (χ3v) is 2.67. The van der Waals surface area contributed by atoms with Gasteiger partial charge in [-0.1, -0.05) is 0 Å². The van der Waals surface area contributed by atoms with Gasteiger partial charge in [0.2, 0.25) is 5.91 Å². The smallest absolute Gasteiger partial charge is 0.234 e. The zero-order valence-electron chi connectivity index (χ0n) is 9.96. The summed E-state index contributed by atoms with van der Waals surface area (Å²) in [6, 6.07) is 0. The number of likely N-dealkylation sites (tertiary alicyclic amines) is 1. The van der Waals surface area contributed by atoms with E-state index < -0.39 is 0 Å². The molecule has 88 valence electrons. The molecule has 0 saturated carbocycles. The van der Waals surface area contributed by atoms with Crippen LogP contribution in [0.1, 0.15) is 19.3 Å². The van der Waals surface area contributed by atoms with Crippen LogP contribution in [0.25, 0.3) is 0 Å². The van der Waals surface area contributed by atoms with Gasteiger partial charge in [0.1, 0.15) is 0 Å². The second-order valence-corrected chi connectivity index (χ2v) is 4.49. The molecule has 0 bridgehead atoms. The van der Waals surface area contributed by atoms with Gasteiger partial charge in [-0.3, -0.25) is 9.69 Å². The van der Waals surface area contributed by atoms with Gasteiger partial charge in [0, 0.05) is 6.54 Å². The number of hydrogen-bond acceptors (Lipinski definition) is 3. The molecule has 1 rings (SSSR count). The maximum atomic E-state index is 11.5. The van der Waals surface area contributed by atoms with Crippen LogP contribution in [-0.4, -0.2) is 62.5 Å². The van der Waals surface area contributed by atoms with Gasteiger partial charge >= 0.3 is 0 Å². The van der Waals surface area contributed by atoms with E-state index >= 15 is 0 Å². The molecule has 1 heterocycles. The molecular weight excluding hydrogens is 190 g/mol. The minimum atomic E-state index is 0.177.